The van der Waals surface area contributed by atoms with E-state index < -0.39 is 6.09 Å². The third-order valence-electron chi connectivity index (χ3n) is 4.62. The van der Waals surface area contributed by atoms with Gasteiger partial charge >= 0.3 is 6.09 Å². The molecule has 1 unspecified atom stereocenters. The molecule has 0 aliphatic heterocycles. The van der Waals surface area contributed by atoms with Crippen LogP contribution in [0.25, 0.3) is 11.1 Å². The van der Waals surface area contributed by atoms with Crippen LogP contribution in [0.3, 0.4) is 0 Å². The first-order valence-corrected chi connectivity index (χ1v) is 9.16. The van der Waals surface area contributed by atoms with E-state index >= 15 is 0 Å². The van der Waals surface area contributed by atoms with Crippen molar-refractivity contribution in [2.75, 3.05) is 20.8 Å². The topological polar surface area (TPSA) is 94.9 Å². The number of amidine groups is 1. The summed E-state index contributed by atoms with van der Waals surface area (Å²) in [6.45, 7) is 2.02. The predicted molar refractivity (Wildman–Crippen MR) is 104 cm³/mol. The first kappa shape index (κ1) is 19.6. The zero-order valence-corrected chi connectivity index (χ0v) is 16.3. The van der Waals surface area contributed by atoms with Gasteiger partial charge in [-0.1, -0.05) is 6.07 Å². The van der Waals surface area contributed by atoms with Crippen LogP contribution in [-0.4, -0.2) is 49.0 Å². The average molecular weight is 384 g/mol. The van der Waals surface area contributed by atoms with Crippen LogP contribution >= 0.6 is 0 Å². The molecular weight excluding hydrogens is 360 g/mol. The summed E-state index contributed by atoms with van der Waals surface area (Å²) in [4.78, 5) is 24.4. The molecule has 0 spiro atoms. The smallest absolute Gasteiger partial charge is 0.415 e. The summed E-state index contributed by atoms with van der Waals surface area (Å²) in [5.41, 5.74) is 4.41. The maximum Gasteiger partial charge on any atom is 0.415 e. The molecule has 1 atom stereocenters. The number of methoxy groups -OCH3 is 2. The van der Waals surface area contributed by atoms with Crippen LogP contribution in [-0.2, 0) is 22.3 Å². The number of fused-ring (bicyclic) bond motifs is 1. The van der Waals surface area contributed by atoms with E-state index in [2.05, 4.69) is 20.3 Å². The van der Waals surface area contributed by atoms with Crippen molar-refractivity contribution in [2.45, 2.75) is 32.2 Å². The van der Waals surface area contributed by atoms with Gasteiger partial charge in [-0.05, 0) is 43.4 Å². The highest BCUT2D eigenvalue weighted by Crippen LogP contribution is 2.37. The molecule has 8 heteroatoms. The highest BCUT2D eigenvalue weighted by Gasteiger charge is 2.25. The quantitative estimate of drug-likeness (QED) is 0.643. The molecule has 1 aromatic carbocycles. The van der Waals surface area contributed by atoms with Crippen LogP contribution in [0.2, 0.25) is 0 Å². The molecular formula is C20H24N4O4. The normalized spacial score (nSPS) is 16.1. The Bertz CT molecular complexity index is 855. The van der Waals surface area contributed by atoms with Crippen LogP contribution in [0.15, 0.2) is 35.8 Å². The Morgan fingerprint density at radius 1 is 1.25 bits per heavy atom. The zero-order chi connectivity index (χ0) is 19.9. The van der Waals surface area contributed by atoms with Gasteiger partial charge in [0.05, 0.1) is 26.9 Å². The lowest BCUT2D eigenvalue weighted by atomic mass is 9.83. The number of alkyl carbamates (subject to hydrolysis) is 1. The van der Waals surface area contributed by atoms with E-state index in [4.69, 9.17) is 14.2 Å². The van der Waals surface area contributed by atoms with Gasteiger partial charge < -0.3 is 14.2 Å². The summed E-state index contributed by atoms with van der Waals surface area (Å²) in [7, 11) is 3.13. The molecule has 0 fully saturated rings. The lowest BCUT2D eigenvalue weighted by Gasteiger charge is -2.26. The van der Waals surface area contributed by atoms with Gasteiger partial charge in [-0.2, -0.15) is 0 Å². The fourth-order valence-corrected chi connectivity index (χ4v) is 3.40. The van der Waals surface area contributed by atoms with Crippen LogP contribution in [0.5, 0.6) is 5.75 Å². The number of benzene rings is 1. The molecule has 0 saturated carbocycles. The van der Waals surface area contributed by atoms with E-state index in [1.165, 1.54) is 19.0 Å². The van der Waals surface area contributed by atoms with Crippen LogP contribution < -0.4 is 10.1 Å². The third-order valence-corrected chi connectivity index (χ3v) is 4.62. The average Bonchev–Trinajstić information content (AvgIpc) is 2.73. The molecule has 1 amide bonds. The van der Waals surface area contributed by atoms with E-state index in [1.54, 1.807) is 14.0 Å². The first-order valence-electron chi connectivity index (χ1n) is 9.16. The Balaban J connectivity index is 1.87. The predicted octanol–water partition coefficient (Wildman–Crippen LogP) is 2.76. The Morgan fingerprint density at radius 2 is 2.04 bits per heavy atom. The number of amides is 1. The fourth-order valence-electron chi connectivity index (χ4n) is 3.40. The number of carbonyl (C=O) groups excluding carboxylic acids is 1. The maximum atomic E-state index is 11.6. The summed E-state index contributed by atoms with van der Waals surface area (Å²) in [5.74, 6) is 0.827. The SMILES string of the molecule is CCOC(=O)NC(=NC1CCc2c(-c3cncnc3)ccc(OC)c2C1)OC. The Morgan fingerprint density at radius 3 is 2.71 bits per heavy atom. The number of nitrogens with one attached hydrogen (secondary N) is 1. The third kappa shape index (κ3) is 4.39. The fraction of sp³-hybridized carbons (Fsp3) is 0.400. The second kappa shape index (κ2) is 9.16. The number of aliphatic imine (C=N–C) groups is 1. The van der Waals surface area contributed by atoms with Crippen molar-refractivity contribution < 1.29 is 19.0 Å². The minimum atomic E-state index is -0.580. The maximum absolute atomic E-state index is 11.6. The number of nitrogens with zero attached hydrogens (tertiary/aromatic N) is 3. The number of hydrogen-bond acceptors (Lipinski definition) is 7. The minimum Gasteiger partial charge on any atom is -0.496 e. The van der Waals surface area contributed by atoms with Gasteiger partial charge in [0.1, 0.15) is 12.1 Å². The van der Waals surface area contributed by atoms with Crippen molar-refractivity contribution in [3.05, 3.63) is 42.0 Å². The molecule has 0 radical (unpaired) electrons. The molecule has 1 aliphatic carbocycles. The highest BCUT2D eigenvalue weighted by atomic mass is 16.6. The van der Waals surface area contributed by atoms with Gasteiger partial charge in [-0.3, -0.25) is 0 Å². The van der Waals surface area contributed by atoms with Crippen molar-refractivity contribution in [1.82, 2.24) is 15.3 Å². The lowest BCUT2D eigenvalue weighted by molar-refractivity contribution is 0.155. The molecule has 0 bridgehead atoms. The molecule has 148 valence electrons. The number of hydrogen-bond donors (Lipinski definition) is 1. The Kier molecular flexibility index (Phi) is 6.41. The van der Waals surface area contributed by atoms with Gasteiger partial charge in [0.25, 0.3) is 6.02 Å². The monoisotopic (exact) mass is 384 g/mol. The molecule has 3 rings (SSSR count). The van der Waals surface area contributed by atoms with Gasteiger partial charge in [0, 0.05) is 23.5 Å². The summed E-state index contributed by atoms with van der Waals surface area (Å²) in [6, 6.07) is 4.11. The largest absolute Gasteiger partial charge is 0.496 e. The van der Waals surface area contributed by atoms with Crippen molar-refractivity contribution in [1.29, 1.82) is 0 Å². The van der Waals surface area contributed by atoms with Crippen LogP contribution in [0.4, 0.5) is 4.79 Å². The number of ether oxygens (including phenoxy) is 3. The molecule has 1 aliphatic rings. The molecule has 1 N–H and O–H groups in total. The van der Waals surface area contributed by atoms with Crippen molar-refractivity contribution in [2.24, 2.45) is 4.99 Å². The van der Waals surface area contributed by atoms with E-state index in [0.717, 1.165) is 35.3 Å². The molecule has 0 saturated heterocycles. The van der Waals surface area contributed by atoms with Gasteiger partial charge in [0.15, 0.2) is 0 Å². The molecule has 1 heterocycles. The molecule has 28 heavy (non-hydrogen) atoms. The number of rotatable bonds is 4. The van der Waals surface area contributed by atoms with Crippen molar-refractivity contribution in [3.63, 3.8) is 0 Å². The van der Waals surface area contributed by atoms with Crippen LogP contribution in [0.1, 0.15) is 24.5 Å². The summed E-state index contributed by atoms with van der Waals surface area (Å²) < 4.78 is 15.7. The summed E-state index contributed by atoms with van der Waals surface area (Å²) in [6.07, 6.45) is 6.88. The molecule has 8 nitrogen and oxygen atoms in total. The first-order chi connectivity index (χ1) is 13.7. The van der Waals surface area contributed by atoms with E-state index in [0.29, 0.717) is 6.42 Å². The van der Waals surface area contributed by atoms with Crippen molar-refractivity contribution in [3.8, 4) is 16.9 Å². The zero-order valence-electron chi connectivity index (χ0n) is 16.3. The minimum absolute atomic E-state index is 0.0412. The van der Waals surface area contributed by atoms with E-state index in [-0.39, 0.29) is 18.7 Å². The molecule has 1 aromatic heterocycles. The lowest BCUT2D eigenvalue weighted by Crippen LogP contribution is -2.34. The van der Waals surface area contributed by atoms with E-state index in [1.807, 2.05) is 24.5 Å². The Hall–Kier alpha value is -3.16. The van der Waals surface area contributed by atoms with Gasteiger partial charge in [-0.25, -0.2) is 25.1 Å². The van der Waals surface area contributed by atoms with Crippen LogP contribution in [0, 0.1) is 0 Å². The second-order valence-corrected chi connectivity index (χ2v) is 6.28. The summed E-state index contributed by atoms with van der Waals surface area (Å²) in [5, 5.41) is 2.52. The molecule has 2 aromatic rings. The standard InChI is InChI=1S/C20H24N4O4/c1-4-28-20(25)24-19(27-3)23-14-5-6-16-15(13-10-21-12-22-11-13)7-8-18(26-2)17(16)9-14/h7-8,10-12,14H,4-6,9H2,1-3H3,(H,23,24,25). The number of carbonyl (C=O) groups is 1. The van der Waals surface area contributed by atoms with Gasteiger partial charge in [-0.15, -0.1) is 0 Å². The Labute approximate surface area is 164 Å². The van der Waals surface area contributed by atoms with Crippen molar-refractivity contribution >= 4 is 12.1 Å². The summed E-state index contributed by atoms with van der Waals surface area (Å²) >= 11 is 0. The highest BCUT2D eigenvalue weighted by molar-refractivity contribution is 5.90. The van der Waals surface area contributed by atoms with Gasteiger partial charge in [0.2, 0.25) is 0 Å². The second-order valence-electron chi connectivity index (χ2n) is 6.28. The number of aromatic nitrogens is 2. The van der Waals surface area contributed by atoms with E-state index in [9.17, 15) is 4.79 Å².